The maximum absolute atomic E-state index is 10.9. The first kappa shape index (κ1) is 14.6. The molecule has 0 saturated carbocycles. The molecule has 0 aromatic heterocycles. The molecule has 0 atom stereocenters. The molecule has 0 aliphatic carbocycles. The maximum atomic E-state index is 10.9. The highest BCUT2D eigenvalue weighted by Gasteiger charge is 2.19. The minimum atomic E-state index is -0.412. The van der Waals surface area contributed by atoms with Gasteiger partial charge in [0.1, 0.15) is 0 Å². The van der Waals surface area contributed by atoms with E-state index in [1.165, 1.54) is 6.07 Å². The summed E-state index contributed by atoms with van der Waals surface area (Å²) in [6, 6.07) is 5.39. The van der Waals surface area contributed by atoms with E-state index in [0.29, 0.717) is 18.4 Å². The van der Waals surface area contributed by atoms with Crippen LogP contribution in [0.25, 0.3) is 0 Å². The highest BCUT2D eigenvalue weighted by molar-refractivity contribution is 5.58. The van der Waals surface area contributed by atoms with E-state index in [0.717, 1.165) is 31.6 Å². The number of hydrogen-bond donors (Lipinski definition) is 1. The van der Waals surface area contributed by atoms with Crippen molar-refractivity contribution < 1.29 is 9.66 Å². The van der Waals surface area contributed by atoms with Crippen LogP contribution in [0, 0.1) is 10.1 Å². The molecular formula is C14H21N3O3. The second-order valence-electron chi connectivity index (χ2n) is 5.09. The van der Waals surface area contributed by atoms with Crippen molar-refractivity contribution in [3.63, 3.8) is 0 Å². The molecule has 6 heteroatoms. The van der Waals surface area contributed by atoms with Crippen molar-refractivity contribution >= 4 is 11.4 Å². The van der Waals surface area contributed by atoms with Crippen molar-refractivity contribution in [2.24, 2.45) is 0 Å². The fourth-order valence-corrected chi connectivity index (χ4v) is 2.41. The van der Waals surface area contributed by atoms with Gasteiger partial charge < -0.3 is 15.0 Å². The number of rotatable bonds is 5. The van der Waals surface area contributed by atoms with Crippen LogP contribution in [0.1, 0.15) is 19.8 Å². The third-order valence-corrected chi connectivity index (χ3v) is 3.55. The standard InChI is InChI=1S/C14H21N3O3/c1-3-20-14-10-12(4-5-13(14)17(18)19)15-11-6-8-16(2)9-7-11/h4-5,10-11,15H,3,6-9H2,1-2H3. The number of hydrogen-bond acceptors (Lipinski definition) is 5. The van der Waals surface area contributed by atoms with Crippen LogP contribution in [-0.2, 0) is 0 Å². The Morgan fingerprint density at radius 2 is 2.15 bits per heavy atom. The molecule has 1 aromatic rings. The number of benzene rings is 1. The summed E-state index contributed by atoms with van der Waals surface area (Å²) in [4.78, 5) is 12.8. The molecule has 110 valence electrons. The number of piperidine rings is 1. The first-order chi connectivity index (χ1) is 9.60. The second kappa shape index (κ2) is 6.56. The molecule has 1 aliphatic rings. The molecule has 2 rings (SSSR count). The molecule has 1 aromatic carbocycles. The van der Waals surface area contributed by atoms with Gasteiger partial charge in [0.25, 0.3) is 0 Å². The first-order valence-corrected chi connectivity index (χ1v) is 6.96. The lowest BCUT2D eigenvalue weighted by atomic mass is 10.1. The van der Waals surface area contributed by atoms with Crippen molar-refractivity contribution in [3.8, 4) is 5.75 Å². The highest BCUT2D eigenvalue weighted by atomic mass is 16.6. The predicted molar refractivity (Wildman–Crippen MR) is 78.4 cm³/mol. The Bertz CT molecular complexity index is 471. The normalized spacial score (nSPS) is 16.9. The van der Waals surface area contributed by atoms with Crippen LogP contribution in [0.3, 0.4) is 0 Å². The zero-order valence-corrected chi connectivity index (χ0v) is 12.0. The van der Waals surface area contributed by atoms with Gasteiger partial charge in [0.05, 0.1) is 11.5 Å². The van der Waals surface area contributed by atoms with E-state index in [9.17, 15) is 10.1 Å². The number of likely N-dealkylation sites (tertiary alicyclic amines) is 1. The van der Waals surface area contributed by atoms with Crippen LogP contribution in [0.2, 0.25) is 0 Å². The van der Waals surface area contributed by atoms with Gasteiger partial charge in [-0.15, -0.1) is 0 Å². The Morgan fingerprint density at radius 1 is 1.45 bits per heavy atom. The molecule has 1 N–H and O–H groups in total. The van der Waals surface area contributed by atoms with Gasteiger partial charge in [0, 0.05) is 23.9 Å². The van der Waals surface area contributed by atoms with Gasteiger partial charge in [-0.25, -0.2) is 0 Å². The minimum Gasteiger partial charge on any atom is -0.487 e. The summed E-state index contributed by atoms with van der Waals surface area (Å²) >= 11 is 0. The van der Waals surface area contributed by atoms with Crippen molar-refractivity contribution in [2.75, 3.05) is 32.1 Å². The van der Waals surface area contributed by atoms with Gasteiger partial charge in [0.15, 0.2) is 5.75 Å². The molecule has 1 heterocycles. The van der Waals surface area contributed by atoms with Crippen LogP contribution in [0.5, 0.6) is 5.75 Å². The average Bonchev–Trinajstić information content (AvgIpc) is 2.42. The minimum absolute atomic E-state index is 0.0146. The van der Waals surface area contributed by atoms with Gasteiger partial charge in [-0.05, 0) is 46.0 Å². The lowest BCUT2D eigenvalue weighted by Crippen LogP contribution is -2.36. The van der Waals surface area contributed by atoms with Crippen molar-refractivity contribution in [2.45, 2.75) is 25.8 Å². The van der Waals surface area contributed by atoms with Crippen LogP contribution in [-0.4, -0.2) is 42.6 Å². The number of nitrogens with zero attached hydrogens (tertiary/aromatic N) is 2. The Morgan fingerprint density at radius 3 is 2.75 bits per heavy atom. The van der Waals surface area contributed by atoms with Gasteiger partial charge in [-0.2, -0.15) is 0 Å². The summed E-state index contributed by atoms with van der Waals surface area (Å²) in [7, 11) is 2.12. The Kier molecular flexibility index (Phi) is 4.79. The number of nitro benzene ring substituents is 1. The SMILES string of the molecule is CCOc1cc(NC2CCN(C)CC2)ccc1[N+](=O)[O-]. The van der Waals surface area contributed by atoms with E-state index < -0.39 is 4.92 Å². The summed E-state index contributed by atoms with van der Waals surface area (Å²) in [6.07, 6.45) is 2.16. The van der Waals surface area contributed by atoms with Crippen molar-refractivity contribution in [1.29, 1.82) is 0 Å². The molecule has 0 spiro atoms. The lowest BCUT2D eigenvalue weighted by molar-refractivity contribution is -0.385. The third kappa shape index (κ3) is 3.60. The molecule has 0 amide bonds. The summed E-state index contributed by atoms with van der Waals surface area (Å²) in [6.45, 7) is 4.38. The number of anilines is 1. The molecule has 20 heavy (non-hydrogen) atoms. The Hall–Kier alpha value is -1.82. The topological polar surface area (TPSA) is 67.6 Å². The molecule has 1 fully saturated rings. The predicted octanol–water partition coefficient (Wildman–Crippen LogP) is 2.50. The van der Waals surface area contributed by atoms with Gasteiger partial charge in [0.2, 0.25) is 0 Å². The monoisotopic (exact) mass is 279 g/mol. The number of nitrogens with one attached hydrogen (secondary N) is 1. The molecule has 6 nitrogen and oxygen atoms in total. The van der Waals surface area contributed by atoms with Gasteiger partial charge in [-0.1, -0.05) is 0 Å². The molecule has 0 bridgehead atoms. The second-order valence-corrected chi connectivity index (χ2v) is 5.09. The fraction of sp³-hybridized carbons (Fsp3) is 0.571. The summed E-state index contributed by atoms with van der Waals surface area (Å²) < 4.78 is 5.36. The maximum Gasteiger partial charge on any atom is 0.311 e. The lowest BCUT2D eigenvalue weighted by Gasteiger charge is -2.30. The van der Waals surface area contributed by atoms with Crippen molar-refractivity contribution in [1.82, 2.24) is 4.90 Å². The molecule has 1 aliphatic heterocycles. The highest BCUT2D eigenvalue weighted by Crippen LogP contribution is 2.30. The zero-order valence-electron chi connectivity index (χ0n) is 12.0. The molecule has 0 unspecified atom stereocenters. The molecule has 1 saturated heterocycles. The fourth-order valence-electron chi connectivity index (χ4n) is 2.41. The smallest absolute Gasteiger partial charge is 0.311 e. The molecular weight excluding hydrogens is 258 g/mol. The Labute approximate surface area is 118 Å². The van der Waals surface area contributed by atoms with Crippen LogP contribution in [0.4, 0.5) is 11.4 Å². The van der Waals surface area contributed by atoms with E-state index in [1.807, 2.05) is 6.92 Å². The molecule has 0 radical (unpaired) electrons. The van der Waals surface area contributed by atoms with E-state index in [2.05, 4.69) is 17.3 Å². The van der Waals surface area contributed by atoms with Gasteiger partial charge >= 0.3 is 5.69 Å². The van der Waals surface area contributed by atoms with E-state index >= 15 is 0 Å². The van der Waals surface area contributed by atoms with Crippen LogP contribution >= 0.6 is 0 Å². The van der Waals surface area contributed by atoms with Gasteiger partial charge in [-0.3, -0.25) is 10.1 Å². The first-order valence-electron chi connectivity index (χ1n) is 6.96. The van der Waals surface area contributed by atoms with Crippen LogP contribution < -0.4 is 10.1 Å². The Balaban J connectivity index is 2.08. The number of nitro groups is 1. The van der Waals surface area contributed by atoms with Crippen molar-refractivity contribution in [3.05, 3.63) is 28.3 Å². The third-order valence-electron chi connectivity index (χ3n) is 3.55. The van der Waals surface area contributed by atoms with E-state index in [4.69, 9.17) is 4.74 Å². The average molecular weight is 279 g/mol. The quantitative estimate of drug-likeness (QED) is 0.662. The summed E-state index contributed by atoms with van der Waals surface area (Å²) in [5.41, 5.74) is 0.898. The van der Waals surface area contributed by atoms with E-state index in [1.54, 1.807) is 12.1 Å². The zero-order chi connectivity index (χ0) is 14.5. The van der Waals surface area contributed by atoms with Crippen LogP contribution in [0.15, 0.2) is 18.2 Å². The van der Waals surface area contributed by atoms with E-state index in [-0.39, 0.29) is 5.69 Å². The summed E-state index contributed by atoms with van der Waals surface area (Å²) in [5.74, 6) is 0.329. The largest absolute Gasteiger partial charge is 0.487 e. The summed E-state index contributed by atoms with van der Waals surface area (Å²) in [5, 5.41) is 14.4. The number of ether oxygens (including phenoxy) is 1.